The summed E-state index contributed by atoms with van der Waals surface area (Å²) in [5.74, 6) is -2.13. The van der Waals surface area contributed by atoms with Gasteiger partial charge in [0.05, 0.1) is 10.9 Å². The lowest BCUT2D eigenvalue weighted by Gasteiger charge is -2.43. The highest BCUT2D eigenvalue weighted by molar-refractivity contribution is 7.94. The highest BCUT2D eigenvalue weighted by Crippen LogP contribution is 2.41. The average molecular weight is 747 g/mol. The fourth-order valence-electron chi connectivity index (χ4n) is 7.30. The van der Waals surface area contributed by atoms with Crippen LogP contribution in [0, 0.1) is 22.7 Å². The SMILES string of the molecule is C=CCNC(=O)C(=O)C(CC1CC1)NC(=O)C1C(C)CCN1C(=O)C(NC(=O)NC(CNCc1sccc1SO)C(C)(C)C)C1(C)CCCCC1. The summed E-state index contributed by atoms with van der Waals surface area (Å²) >= 11 is 2.27. The van der Waals surface area contributed by atoms with Gasteiger partial charge in [0, 0.05) is 49.1 Å². The van der Waals surface area contributed by atoms with E-state index in [9.17, 15) is 28.5 Å². The number of hydrogen-bond donors (Lipinski definition) is 6. The third kappa shape index (κ3) is 11.0. The van der Waals surface area contributed by atoms with Gasteiger partial charge in [0.15, 0.2) is 0 Å². The molecule has 51 heavy (non-hydrogen) atoms. The number of carbonyl (C=O) groups excluding carboxylic acids is 5. The Kier molecular flexibility index (Phi) is 14.6. The number of rotatable bonds is 17. The molecule has 0 spiro atoms. The molecule has 2 saturated carbocycles. The van der Waals surface area contributed by atoms with Crippen molar-refractivity contribution in [2.45, 2.75) is 128 Å². The van der Waals surface area contributed by atoms with E-state index >= 15 is 0 Å². The van der Waals surface area contributed by atoms with Crippen LogP contribution < -0.4 is 26.6 Å². The zero-order valence-electron chi connectivity index (χ0n) is 30.8. The van der Waals surface area contributed by atoms with Gasteiger partial charge in [-0.3, -0.25) is 19.2 Å². The molecule has 2 heterocycles. The predicted molar refractivity (Wildman–Crippen MR) is 201 cm³/mol. The van der Waals surface area contributed by atoms with Gasteiger partial charge in [-0.05, 0) is 59.8 Å². The second-order valence-electron chi connectivity index (χ2n) is 16.0. The largest absolute Gasteiger partial charge is 0.346 e. The standard InChI is InChI=1S/C37H58N6O6S2/c1-7-17-39-33(46)30(44)25(20-24-11-12-24)40-32(45)29-23(2)13-18-43(29)34(47)31(37(6)15-9-8-10-16-37)42-35(48)41-28(36(3,4)5)22-38-21-27-26(51-49)14-19-50-27/h7,14,19,23-25,28-29,31,38,49H,1,8-13,15-18,20-22H2,2-6H3,(H,39,46)(H,40,45)(H2,41,42,48). The van der Waals surface area contributed by atoms with E-state index in [1.807, 2.05) is 39.1 Å². The number of ketones is 1. The lowest BCUT2D eigenvalue weighted by Crippen LogP contribution is -2.63. The van der Waals surface area contributed by atoms with Crippen molar-refractivity contribution < 1.29 is 28.5 Å². The van der Waals surface area contributed by atoms with Crippen LogP contribution in [0.5, 0.6) is 0 Å². The minimum absolute atomic E-state index is 0.143. The number of carbonyl (C=O) groups is 5. The molecule has 3 aliphatic rings. The van der Waals surface area contributed by atoms with Crippen LogP contribution in [0.3, 0.4) is 0 Å². The molecule has 284 valence electrons. The van der Waals surface area contributed by atoms with E-state index in [1.165, 1.54) is 6.08 Å². The molecule has 1 aromatic rings. The second-order valence-corrected chi connectivity index (χ2v) is 17.6. The van der Waals surface area contributed by atoms with Crippen LogP contribution in [0.15, 0.2) is 29.0 Å². The maximum Gasteiger partial charge on any atom is 0.315 e. The molecule has 1 aliphatic heterocycles. The summed E-state index contributed by atoms with van der Waals surface area (Å²) in [5.41, 5.74) is -0.826. The first kappa shape index (κ1) is 40.8. The van der Waals surface area contributed by atoms with Crippen LogP contribution in [-0.2, 0) is 25.7 Å². The van der Waals surface area contributed by atoms with Gasteiger partial charge < -0.3 is 36.0 Å². The third-order valence-corrected chi connectivity index (χ3v) is 12.4. The van der Waals surface area contributed by atoms with Gasteiger partial charge in [-0.25, -0.2) is 4.79 Å². The first-order chi connectivity index (χ1) is 24.2. The summed E-state index contributed by atoms with van der Waals surface area (Å²) in [6.45, 7) is 15.2. The normalized spacial score (nSPS) is 22.0. The molecule has 5 unspecified atom stereocenters. The number of hydrogen-bond acceptors (Lipinski definition) is 9. The van der Waals surface area contributed by atoms with Crippen LogP contribution in [0.25, 0.3) is 0 Å². The number of likely N-dealkylation sites (tertiary alicyclic amines) is 1. The van der Waals surface area contributed by atoms with Crippen molar-refractivity contribution >= 4 is 52.9 Å². The highest BCUT2D eigenvalue weighted by Gasteiger charge is 2.48. The predicted octanol–water partition coefficient (Wildman–Crippen LogP) is 4.85. The Balaban J connectivity index is 1.50. The fourth-order valence-corrected chi connectivity index (χ4v) is 8.68. The summed E-state index contributed by atoms with van der Waals surface area (Å²) in [6.07, 6.45) is 8.80. The summed E-state index contributed by atoms with van der Waals surface area (Å²) in [4.78, 5) is 71.6. The van der Waals surface area contributed by atoms with Crippen molar-refractivity contribution in [2.24, 2.45) is 22.7 Å². The number of nitrogens with zero attached hydrogens (tertiary/aromatic N) is 1. The molecular weight excluding hydrogens is 689 g/mol. The Labute approximate surface area is 311 Å². The maximum absolute atomic E-state index is 14.7. The summed E-state index contributed by atoms with van der Waals surface area (Å²) in [6, 6.07) is -1.55. The van der Waals surface area contributed by atoms with Gasteiger partial charge in [0.25, 0.3) is 5.91 Å². The van der Waals surface area contributed by atoms with Gasteiger partial charge in [-0.1, -0.05) is 72.8 Å². The molecular formula is C37H58N6O6S2. The first-order valence-corrected chi connectivity index (χ1v) is 20.0. The van der Waals surface area contributed by atoms with Crippen LogP contribution in [0.4, 0.5) is 4.79 Å². The Hall–Kier alpha value is -2.94. The van der Waals surface area contributed by atoms with E-state index < -0.39 is 47.2 Å². The zero-order valence-corrected chi connectivity index (χ0v) is 32.5. The van der Waals surface area contributed by atoms with E-state index in [4.69, 9.17) is 0 Å². The molecule has 14 heteroatoms. The topological polar surface area (TPSA) is 169 Å². The van der Waals surface area contributed by atoms with Crippen molar-refractivity contribution in [1.29, 1.82) is 0 Å². The molecule has 5 amide bonds. The molecule has 6 N–H and O–H groups in total. The molecule has 1 aromatic heterocycles. The molecule has 0 radical (unpaired) electrons. The van der Waals surface area contributed by atoms with Crippen molar-refractivity contribution in [3.05, 3.63) is 29.0 Å². The quantitative estimate of drug-likeness (QED) is 0.0748. The number of thiophene rings is 1. The van der Waals surface area contributed by atoms with Crippen molar-refractivity contribution in [3.63, 3.8) is 0 Å². The van der Waals surface area contributed by atoms with Crippen molar-refractivity contribution in [2.75, 3.05) is 19.6 Å². The summed E-state index contributed by atoms with van der Waals surface area (Å²) in [7, 11) is 0. The van der Waals surface area contributed by atoms with Crippen LogP contribution in [0.2, 0.25) is 0 Å². The van der Waals surface area contributed by atoms with Crippen molar-refractivity contribution in [3.8, 4) is 0 Å². The molecule has 2 aliphatic carbocycles. The van der Waals surface area contributed by atoms with Gasteiger partial charge >= 0.3 is 6.03 Å². The average Bonchev–Trinajstić information content (AvgIpc) is 3.64. The van der Waals surface area contributed by atoms with Gasteiger partial charge in [0.2, 0.25) is 17.6 Å². The monoisotopic (exact) mass is 746 g/mol. The zero-order chi connectivity index (χ0) is 37.3. The second kappa shape index (κ2) is 18.2. The molecule has 4 rings (SSSR count). The van der Waals surface area contributed by atoms with E-state index in [0.717, 1.165) is 66.8 Å². The Bertz CT molecular complexity index is 1400. The highest BCUT2D eigenvalue weighted by atomic mass is 32.2. The molecule has 3 fully saturated rings. The van der Waals surface area contributed by atoms with Gasteiger partial charge in [-0.2, -0.15) is 0 Å². The number of urea groups is 1. The van der Waals surface area contributed by atoms with E-state index in [1.54, 1.807) is 16.2 Å². The Morgan fingerprint density at radius 3 is 2.43 bits per heavy atom. The number of amides is 5. The minimum atomic E-state index is -0.980. The third-order valence-electron chi connectivity index (χ3n) is 10.8. The molecule has 1 saturated heterocycles. The smallest absolute Gasteiger partial charge is 0.315 e. The van der Waals surface area contributed by atoms with Crippen molar-refractivity contribution in [1.82, 2.24) is 31.5 Å². The van der Waals surface area contributed by atoms with Crippen LogP contribution >= 0.6 is 23.4 Å². The molecule has 12 nitrogen and oxygen atoms in total. The van der Waals surface area contributed by atoms with E-state index in [2.05, 4.69) is 40.1 Å². The van der Waals surface area contributed by atoms with Crippen LogP contribution in [0.1, 0.15) is 97.3 Å². The lowest BCUT2D eigenvalue weighted by atomic mass is 9.70. The van der Waals surface area contributed by atoms with Gasteiger partial charge in [0.1, 0.15) is 12.1 Å². The van der Waals surface area contributed by atoms with E-state index in [-0.39, 0.29) is 35.7 Å². The molecule has 5 atom stereocenters. The maximum atomic E-state index is 14.7. The van der Waals surface area contributed by atoms with Gasteiger partial charge in [-0.15, -0.1) is 17.9 Å². The number of nitrogens with one attached hydrogen (secondary N) is 5. The minimum Gasteiger partial charge on any atom is -0.346 e. The fraction of sp³-hybridized carbons (Fsp3) is 0.703. The summed E-state index contributed by atoms with van der Waals surface area (Å²) < 4.78 is 9.55. The Morgan fingerprint density at radius 2 is 1.80 bits per heavy atom. The van der Waals surface area contributed by atoms with Crippen LogP contribution in [-0.4, -0.2) is 82.8 Å². The Morgan fingerprint density at radius 1 is 1.10 bits per heavy atom. The molecule has 0 bridgehead atoms. The first-order valence-electron chi connectivity index (χ1n) is 18.4. The lowest BCUT2D eigenvalue weighted by molar-refractivity contribution is -0.145. The van der Waals surface area contributed by atoms with E-state index in [0.29, 0.717) is 32.5 Å². The number of Topliss-reactive ketones (excluding diaryl/α,β-unsaturated/α-hetero) is 1. The molecule has 0 aromatic carbocycles. The summed E-state index contributed by atoms with van der Waals surface area (Å²) in [5, 5.41) is 16.9.